The van der Waals surface area contributed by atoms with Crippen molar-refractivity contribution < 1.29 is 4.79 Å². The Kier molecular flexibility index (Phi) is 6.41. The van der Waals surface area contributed by atoms with Gasteiger partial charge in [-0.05, 0) is 55.8 Å². The minimum atomic E-state index is 0.0906. The van der Waals surface area contributed by atoms with Gasteiger partial charge in [0, 0.05) is 21.8 Å². The van der Waals surface area contributed by atoms with Crippen LogP contribution in [0.25, 0.3) is 10.8 Å². The van der Waals surface area contributed by atoms with Gasteiger partial charge >= 0.3 is 0 Å². The van der Waals surface area contributed by atoms with Crippen molar-refractivity contribution in [3.63, 3.8) is 0 Å². The third kappa shape index (κ3) is 4.65. The highest BCUT2D eigenvalue weighted by Gasteiger charge is 2.13. The normalized spacial score (nSPS) is 17.8. The van der Waals surface area contributed by atoms with Gasteiger partial charge in [0.2, 0.25) is 5.91 Å². The second kappa shape index (κ2) is 8.75. The zero-order chi connectivity index (χ0) is 16.8. The average molecular weight is 363 g/mol. The lowest BCUT2D eigenvalue weighted by molar-refractivity contribution is -0.118. The van der Waals surface area contributed by atoms with Crippen molar-refractivity contribution in [3.8, 4) is 0 Å². The second-order valence-corrected chi connectivity index (χ2v) is 7.66. The first-order valence-electron chi connectivity index (χ1n) is 8.51. The van der Waals surface area contributed by atoms with Crippen LogP contribution in [0.5, 0.6) is 0 Å². The minimum Gasteiger partial charge on any atom is -0.355 e. The molecule has 0 aromatic heterocycles. The summed E-state index contributed by atoms with van der Waals surface area (Å²) in [5.74, 6) is 1.21. The van der Waals surface area contributed by atoms with E-state index in [1.165, 1.54) is 12.8 Å². The molecule has 1 unspecified atom stereocenters. The molecular formula is C19H23ClN2OS. The number of carbonyl (C=O) groups excluding carboxylic acids is 1. The molecule has 1 heterocycles. The fraction of sp³-hybridized carbons (Fsp3) is 0.421. The van der Waals surface area contributed by atoms with Crippen LogP contribution in [0.1, 0.15) is 19.3 Å². The molecule has 3 nitrogen and oxygen atoms in total. The third-order valence-corrected chi connectivity index (χ3v) is 5.82. The fourth-order valence-corrected chi connectivity index (χ4v) is 4.44. The van der Waals surface area contributed by atoms with Crippen molar-refractivity contribution in [1.82, 2.24) is 10.6 Å². The molecule has 1 aliphatic rings. The Morgan fingerprint density at radius 2 is 2.12 bits per heavy atom. The van der Waals surface area contributed by atoms with E-state index in [1.807, 2.05) is 36.4 Å². The van der Waals surface area contributed by atoms with E-state index < -0.39 is 0 Å². The first-order valence-corrected chi connectivity index (χ1v) is 9.88. The van der Waals surface area contributed by atoms with E-state index in [-0.39, 0.29) is 5.91 Å². The molecule has 1 amide bonds. The lowest BCUT2D eigenvalue weighted by atomic mass is 9.96. The maximum absolute atomic E-state index is 12.1. The Bertz CT molecular complexity index is 696. The van der Waals surface area contributed by atoms with Crippen molar-refractivity contribution in [2.45, 2.75) is 24.2 Å². The molecule has 1 saturated heterocycles. The summed E-state index contributed by atoms with van der Waals surface area (Å²) in [4.78, 5) is 13.2. The van der Waals surface area contributed by atoms with Crippen LogP contribution in [0.2, 0.25) is 5.02 Å². The van der Waals surface area contributed by atoms with Gasteiger partial charge in [-0.15, -0.1) is 11.8 Å². The first-order chi connectivity index (χ1) is 11.7. The Labute approximate surface area is 152 Å². The Hall–Kier alpha value is -1.23. The standard InChI is InChI=1S/C19H23ClN2OS/c20-16-7-1-5-15-6-2-8-17(19(15)16)24-13-18(23)22-11-9-14-4-3-10-21-12-14/h1-2,5-8,14,21H,3-4,9-13H2,(H,22,23). The van der Waals surface area contributed by atoms with E-state index >= 15 is 0 Å². The highest BCUT2D eigenvalue weighted by atomic mass is 35.5. The minimum absolute atomic E-state index is 0.0906. The van der Waals surface area contributed by atoms with Gasteiger partial charge in [-0.3, -0.25) is 4.79 Å². The number of hydrogen-bond donors (Lipinski definition) is 2. The van der Waals surface area contributed by atoms with Crippen LogP contribution in [0.4, 0.5) is 0 Å². The van der Waals surface area contributed by atoms with Gasteiger partial charge < -0.3 is 10.6 Å². The molecule has 128 valence electrons. The molecule has 2 N–H and O–H groups in total. The molecule has 24 heavy (non-hydrogen) atoms. The van der Waals surface area contributed by atoms with Crippen molar-refractivity contribution in [2.24, 2.45) is 5.92 Å². The Morgan fingerprint density at radius 3 is 2.92 bits per heavy atom. The zero-order valence-electron chi connectivity index (χ0n) is 13.7. The lowest BCUT2D eigenvalue weighted by Crippen LogP contribution is -2.33. The van der Waals surface area contributed by atoms with E-state index in [1.54, 1.807) is 11.8 Å². The number of piperidine rings is 1. The van der Waals surface area contributed by atoms with Gasteiger partial charge in [0.05, 0.1) is 5.75 Å². The summed E-state index contributed by atoms with van der Waals surface area (Å²) in [6.07, 6.45) is 3.58. The number of thioether (sulfide) groups is 1. The number of fused-ring (bicyclic) bond motifs is 1. The molecule has 1 aliphatic heterocycles. The summed E-state index contributed by atoms with van der Waals surface area (Å²) in [5, 5.41) is 9.34. The van der Waals surface area contributed by atoms with Crippen molar-refractivity contribution in [2.75, 3.05) is 25.4 Å². The molecule has 0 saturated carbocycles. The zero-order valence-corrected chi connectivity index (χ0v) is 15.3. The summed E-state index contributed by atoms with van der Waals surface area (Å²) in [5.41, 5.74) is 0. The van der Waals surface area contributed by atoms with Gasteiger partial charge in [-0.2, -0.15) is 0 Å². The third-order valence-electron chi connectivity index (χ3n) is 4.45. The molecule has 0 radical (unpaired) electrons. The number of nitrogens with one attached hydrogen (secondary N) is 2. The van der Waals surface area contributed by atoms with E-state index in [0.717, 1.165) is 46.7 Å². The van der Waals surface area contributed by atoms with Crippen molar-refractivity contribution in [1.29, 1.82) is 0 Å². The topological polar surface area (TPSA) is 41.1 Å². The van der Waals surface area contributed by atoms with Crippen LogP contribution in [0, 0.1) is 5.92 Å². The molecule has 1 fully saturated rings. The van der Waals surface area contributed by atoms with Crippen LogP contribution >= 0.6 is 23.4 Å². The molecule has 0 bridgehead atoms. The summed E-state index contributed by atoms with van der Waals surface area (Å²) < 4.78 is 0. The average Bonchev–Trinajstić information content (AvgIpc) is 2.61. The number of amides is 1. The highest BCUT2D eigenvalue weighted by molar-refractivity contribution is 8.00. The summed E-state index contributed by atoms with van der Waals surface area (Å²) >= 11 is 7.88. The maximum atomic E-state index is 12.1. The molecule has 0 spiro atoms. The predicted molar refractivity (Wildman–Crippen MR) is 103 cm³/mol. The predicted octanol–water partition coefficient (Wildman–Crippen LogP) is 4.09. The van der Waals surface area contributed by atoms with Crippen molar-refractivity contribution in [3.05, 3.63) is 41.4 Å². The summed E-state index contributed by atoms with van der Waals surface area (Å²) in [6, 6.07) is 12.0. The van der Waals surface area contributed by atoms with Crippen LogP contribution in [-0.2, 0) is 4.79 Å². The van der Waals surface area contributed by atoms with E-state index in [9.17, 15) is 4.79 Å². The van der Waals surface area contributed by atoms with Gasteiger partial charge in [-0.1, -0.05) is 35.9 Å². The van der Waals surface area contributed by atoms with Crippen molar-refractivity contribution >= 4 is 40.0 Å². The second-order valence-electron chi connectivity index (χ2n) is 6.23. The van der Waals surface area contributed by atoms with E-state index in [4.69, 9.17) is 11.6 Å². The van der Waals surface area contributed by atoms with Crippen LogP contribution in [0.3, 0.4) is 0 Å². The summed E-state index contributed by atoms with van der Waals surface area (Å²) in [6.45, 7) is 2.98. The van der Waals surface area contributed by atoms with E-state index in [2.05, 4.69) is 10.6 Å². The maximum Gasteiger partial charge on any atom is 0.230 e. The highest BCUT2D eigenvalue weighted by Crippen LogP contribution is 2.33. The van der Waals surface area contributed by atoms with E-state index in [0.29, 0.717) is 11.7 Å². The Morgan fingerprint density at radius 1 is 1.29 bits per heavy atom. The number of halogens is 1. The molecule has 0 aliphatic carbocycles. The fourth-order valence-electron chi connectivity index (χ4n) is 3.16. The van der Waals surface area contributed by atoms with Crippen LogP contribution < -0.4 is 10.6 Å². The lowest BCUT2D eigenvalue weighted by Gasteiger charge is -2.22. The SMILES string of the molecule is O=C(CSc1cccc2cccc(Cl)c12)NCCC1CCCNC1. The monoisotopic (exact) mass is 362 g/mol. The van der Waals surface area contributed by atoms with Crippen LogP contribution in [0.15, 0.2) is 41.3 Å². The molecular weight excluding hydrogens is 340 g/mol. The number of rotatable bonds is 6. The number of hydrogen-bond acceptors (Lipinski definition) is 3. The molecule has 5 heteroatoms. The molecule has 3 rings (SSSR count). The molecule has 1 atom stereocenters. The molecule has 2 aromatic carbocycles. The first kappa shape index (κ1) is 17.6. The molecule has 2 aromatic rings. The number of carbonyl (C=O) groups is 1. The van der Waals surface area contributed by atoms with Gasteiger partial charge in [0.15, 0.2) is 0 Å². The van der Waals surface area contributed by atoms with Crippen LogP contribution in [-0.4, -0.2) is 31.3 Å². The van der Waals surface area contributed by atoms with Gasteiger partial charge in [-0.25, -0.2) is 0 Å². The quantitative estimate of drug-likeness (QED) is 0.760. The Balaban J connectivity index is 1.49. The smallest absolute Gasteiger partial charge is 0.230 e. The van der Waals surface area contributed by atoms with Gasteiger partial charge in [0.25, 0.3) is 0 Å². The number of benzene rings is 2. The largest absolute Gasteiger partial charge is 0.355 e. The van der Waals surface area contributed by atoms with Gasteiger partial charge in [0.1, 0.15) is 0 Å². The summed E-state index contributed by atoms with van der Waals surface area (Å²) in [7, 11) is 0.